The molecule has 0 aliphatic heterocycles. The molecule has 1 atom stereocenters. The standard InChI is InChI=1S/C20H50N2O3Si3.2CH4/c1-11-20(3)15-13-17-26(5,6)24-28(9,10)25-27(7,8)18-14-16-22(4)19-21-23-12-2;;/h20-21H,11-19H2,1-10H3;2*1H4. The van der Waals surface area contributed by atoms with E-state index in [-0.39, 0.29) is 14.9 Å². The van der Waals surface area contributed by atoms with Crippen LogP contribution >= 0.6 is 0 Å². The number of hydroxylamine groups is 1. The van der Waals surface area contributed by atoms with Crippen molar-refractivity contribution >= 4 is 25.2 Å². The van der Waals surface area contributed by atoms with Gasteiger partial charge in [0.25, 0.3) is 0 Å². The number of nitrogens with zero attached hydrogens (tertiary/aromatic N) is 1. The van der Waals surface area contributed by atoms with Crippen LogP contribution in [0.1, 0.15) is 61.3 Å². The van der Waals surface area contributed by atoms with Crippen LogP contribution in [0.2, 0.25) is 51.4 Å². The molecule has 186 valence electrons. The first kappa shape index (κ1) is 35.0. The molecule has 0 aliphatic carbocycles. The Bertz CT molecular complexity index is 411. The zero-order chi connectivity index (χ0) is 21.8. The largest absolute Gasteiger partial charge is 0.437 e. The molecule has 1 N–H and O–H groups in total. The molecule has 5 nitrogen and oxygen atoms in total. The van der Waals surface area contributed by atoms with E-state index in [1.54, 1.807) is 0 Å². The predicted octanol–water partition coefficient (Wildman–Crippen LogP) is 7.05. The van der Waals surface area contributed by atoms with Gasteiger partial charge in [-0.1, -0.05) is 48.0 Å². The lowest BCUT2D eigenvalue weighted by atomic mass is 10.0. The highest BCUT2D eigenvalue weighted by molar-refractivity contribution is 6.87. The van der Waals surface area contributed by atoms with E-state index in [0.29, 0.717) is 6.61 Å². The summed E-state index contributed by atoms with van der Waals surface area (Å²) in [4.78, 5) is 7.45. The maximum absolute atomic E-state index is 6.72. The van der Waals surface area contributed by atoms with Crippen molar-refractivity contribution in [3.8, 4) is 0 Å². The molecular weight excluding hydrogens is 425 g/mol. The Morgan fingerprint density at radius 3 is 1.83 bits per heavy atom. The van der Waals surface area contributed by atoms with E-state index >= 15 is 0 Å². The van der Waals surface area contributed by atoms with Gasteiger partial charge in [-0.3, -0.25) is 4.90 Å². The Kier molecular flexibility index (Phi) is 19.9. The van der Waals surface area contributed by atoms with Crippen molar-refractivity contribution in [1.29, 1.82) is 0 Å². The summed E-state index contributed by atoms with van der Waals surface area (Å²) in [6, 6.07) is 2.42. The monoisotopic (exact) mass is 482 g/mol. The summed E-state index contributed by atoms with van der Waals surface area (Å²) in [6.07, 6.45) is 5.05. The van der Waals surface area contributed by atoms with E-state index in [4.69, 9.17) is 13.1 Å². The molecule has 0 rings (SSSR count). The summed E-state index contributed by atoms with van der Waals surface area (Å²) in [5.74, 6) is 0.833. The maximum atomic E-state index is 6.72. The van der Waals surface area contributed by atoms with Gasteiger partial charge in [0, 0.05) is 0 Å². The molecule has 0 fully saturated rings. The summed E-state index contributed by atoms with van der Waals surface area (Å²) in [7, 11) is -3.34. The molecule has 0 aliphatic rings. The summed E-state index contributed by atoms with van der Waals surface area (Å²) in [5.41, 5.74) is 2.97. The molecule has 0 amide bonds. The van der Waals surface area contributed by atoms with Gasteiger partial charge in [0.1, 0.15) is 0 Å². The summed E-state index contributed by atoms with van der Waals surface area (Å²) in [6.45, 7) is 23.1. The second-order valence-electron chi connectivity index (χ2n) is 9.95. The van der Waals surface area contributed by atoms with Crippen molar-refractivity contribution in [2.24, 2.45) is 5.92 Å². The van der Waals surface area contributed by atoms with Crippen molar-refractivity contribution in [2.45, 2.75) is 113 Å². The van der Waals surface area contributed by atoms with Crippen molar-refractivity contribution in [1.82, 2.24) is 10.4 Å². The smallest absolute Gasteiger partial charge is 0.311 e. The topological polar surface area (TPSA) is 43.0 Å². The predicted molar refractivity (Wildman–Crippen MR) is 143 cm³/mol. The Morgan fingerprint density at radius 1 is 0.867 bits per heavy atom. The molecule has 1 unspecified atom stereocenters. The zero-order valence-electron chi connectivity index (χ0n) is 20.6. The van der Waals surface area contributed by atoms with Crippen molar-refractivity contribution in [3.05, 3.63) is 0 Å². The van der Waals surface area contributed by atoms with Crippen molar-refractivity contribution in [2.75, 3.05) is 26.9 Å². The van der Waals surface area contributed by atoms with Gasteiger partial charge in [0.05, 0.1) is 13.3 Å². The minimum Gasteiger partial charge on any atom is -0.437 e. The lowest BCUT2D eigenvalue weighted by Gasteiger charge is -2.39. The van der Waals surface area contributed by atoms with Gasteiger partial charge in [-0.05, 0) is 84.2 Å². The van der Waals surface area contributed by atoms with E-state index in [0.717, 1.165) is 25.6 Å². The van der Waals surface area contributed by atoms with Crippen LogP contribution in [0, 0.1) is 5.92 Å². The van der Waals surface area contributed by atoms with E-state index in [9.17, 15) is 0 Å². The Morgan fingerprint density at radius 2 is 1.37 bits per heavy atom. The molecule has 0 saturated carbocycles. The maximum Gasteiger partial charge on any atom is 0.311 e. The second-order valence-corrected chi connectivity index (χ2v) is 22.4. The second kappa shape index (κ2) is 17.0. The van der Waals surface area contributed by atoms with Crippen LogP contribution in [0.3, 0.4) is 0 Å². The first-order chi connectivity index (χ1) is 12.8. The van der Waals surface area contributed by atoms with Crippen molar-refractivity contribution in [3.63, 3.8) is 0 Å². The Hall–Kier alpha value is 0.451. The molecule has 0 heterocycles. The first-order valence-corrected chi connectivity index (χ1v) is 20.3. The fourth-order valence-electron chi connectivity index (χ4n) is 3.65. The van der Waals surface area contributed by atoms with Crippen LogP contribution in [0.4, 0.5) is 0 Å². The summed E-state index contributed by atoms with van der Waals surface area (Å²) in [5, 5.41) is 0. The Balaban J connectivity index is -0.00000364. The lowest BCUT2D eigenvalue weighted by molar-refractivity contribution is 0.0220. The molecule has 0 aromatic rings. The van der Waals surface area contributed by atoms with Gasteiger partial charge in [-0.15, -0.1) is 0 Å². The average Bonchev–Trinajstić information content (AvgIpc) is 2.52. The minimum absolute atomic E-state index is 0. The van der Waals surface area contributed by atoms with E-state index in [2.05, 4.69) is 70.6 Å². The van der Waals surface area contributed by atoms with Crippen LogP contribution in [0.5, 0.6) is 0 Å². The molecule has 0 bridgehead atoms. The van der Waals surface area contributed by atoms with Crippen LogP contribution in [-0.4, -0.2) is 57.0 Å². The van der Waals surface area contributed by atoms with Gasteiger partial charge in [-0.25, -0.2) is 0 Å². The average molecular weight is 483 g/mol. The number of hydrogen-bond acceptors (Lipinski definition) is 5. The third-order valence-electron chi connectivity index (χ3n) is 5.12. The van der Waals surface area contributed by atoms with Gasteiger partial charge in [0.15, 0.2) is 16.6 Å². The number of rotatable bonds is 17. The quantitative estimate of drug-likeness (QED) is 0.104. The molecular formula is C22H58N2O3Si3. The van der Waals surface area contributed by atoms with E-state index in [1.807, 2.05) is 6.92 Å². The summed E-state index contributed by atoms with van der Waals surface area (Å²) < 4.78 is 13.4. The molecule has 0 radical (unpaired) electrons. The highest BCUT2D eigenvalue weighted by Crippen LogP contribution is 2.27. The molecule has 0 aromatic heterocycles. The van der Waals surface area contributed by atoms with Crippen LogP contribution < -0.4 is 5.48 Å². The van der Waals surface area contributed by atoms with Crippen LogP contribution in [-0.2, 0) is 13.1 Å². The SMILES string of the molecule is C.C.CCONCN(C)CCC[Si](C)(C)O[Si](C)(C)O[Si](C)(C)CCCC(C)CC. The van der Waals surface area contributed by atoms with Crippen LogP contribution in [0.15, 0.2) is 0 Å². The van der Waals surface area contributed by atoms with Gasteiger partial charge in [-0.2, -0.15) is 5.48 Å². The first-order valence-electron chi connectivity index (χ1n) is 11.3. The Labute approximate surface area is 194 Å². The third-order valence-corrected chi connectivity index (χ3v) is 16.6. The van der Waals surface area contributed by atoms with E-state index in [1.165, 1.54) is 31.4 Å². The normalized spacial score (nSPS) is 13.7. The third kappa shape index (κ3) is 19.2. The zero-order valence-corrected chi connectivity index (χ0v) is 23.6. The van der Waals surface area contributed by atoms with Gasteiger partial charge in [0.2, 0.25) is 0 Å². The number of hydrogen-bond donors (Lipinski definition) is 1. The fraction of sp³-hybridized carbons (Fsp3) is 1.00. The number of nitrogens with one attached hydrogen (secondary N) is 1. The summed E-state index contributed by atoms with van der Waals surface area (Å²) >= 11 is 0. The van der Waals surface area contributed by atoms with Crippen LogP contribution in [0.25, 0.3) is 0 Å². The molecule has 8 heteroatoms. The van der Waals surface area contributed by atoms with E-state index < -0.39 is 25.2 Å². The highest BCUT2D eigenvalue weighted by Gasteiger charge is 2.39. The lowest BCUT2D eigenvalue weighted by Crippen LogP contribution is -2.52. The van der Waals surface area contributed by atoms with Gasteiger partial charge < -0.3 is 13.1 Å². The molecule has 0 saturated heterocycles. The van der Waals surface area contributed by atoms with Crippen molar-refractivity contribution < 1.29 is 13.1 Å². The highest BCUT2D eigenvalue weighted by atomic mass is 28.5. The molecule has 0 spiro atoms. The molecule has 0 aromatic carbocycles. The minimum atomic E-state index is -2.09. The molecule has 30 heavy (non-hydrogen) atoms. The fourth-order valence-corrected chi connectivity index (χ4v) is 17.7. The van der Waals surface area contributed by atoms with Gasteiger partial charge >= 0.3 is 8.56 Å².